The number of hydrogen-bond donors (Lipinski definition) is 0. The van der Waals surface area contributed by atoms with Gasteiger partial charge < -0.3 is 14.4 Å². The standard InChI is InChI=1S/C25H30ClNO4/c1-14(2)15-5-7-16(8-6-15)22-21-23(28)19-12-17(26)9-10-20(19)31-24(21)25(29)27(22)13-18-4-3-11-30-18/h5-8,14,17-20,22H,3-4,9-13H2,1-2H3. The van der Waals surface area contributed by atoms with Crippen molar-refractivity contribution in [1.29, 1.82) is 0 Å². The summed E-state index contributed by atoms with van der Waals surface area (Å²) in [6.45, 7) is 5.52. The van der Waals surface area contributed by atoms with E-state index in [1.165, 1.54) is 5.56 Å². The molecule has 1 saturated carbocycles. The average Bonchev–Trinajstić information content (AvgIpc) is 3.36. The van der Waals surface area contributed by atoms with E-state index in [0.29, 0.717) is 30.9 Å². The number of amides is 1. The molecule has 3 heterocycles. The molecule has 166 valence electrons. The maximum atomic E-state index is 13.7. The number of alkyl halides is 1. The lowest BCUT2D eigenvalue weighted by atomic mass is 9.77. The van der Waals surface area contributed by atoms with Crippen LogP contribution in [0.2, 0.25) is 0 Å². The van der Waals surface area contributed by atoms with Crippen LogP contribution in [0.5, 0.6) is 0 Å². The zero-order chi connectivity index (χ0) is 21.7. The van der Waals surface area contributed by atoms with Gasteiger partial charge in [-0.25, -0.2) is 0 Å². The first kappa shape index (κ1) is 21.0. The molecule has 4 aliphatic rings. The van der Waals surface area contributed by atoms with Gasteiger partial charge in [-0.2, -0.15) is 0 Å². The number of carbonyl (C=O) groups excluding carboxylic acids is 2. The van der Waals surface area contributed by atoms with Gasteiger partial charge in [0, 0.05) is 18.5 Å². The van der Waals surface area contributed by atoms with Crippen molar-refractivity contribution in [2.24, 2.45) is 5.92 Å². The van der Waals surface area contributed by atoms with Gasteiger partial charge in [0.1, 0.15) is 6.10 Å². The fraction of sp³-hybridized carbons (Fsp3) is 0.600. The highest BCUT2D eigenvalue weighted by Gasteiger charge is 2.53. The minimum absolute atomic E-state index is 0.00680. The smallest absolute Gasteiger partial charge is 0.290 e. The highest BCUT2D eigenvalue weighted by atomic mass is 35.5. The zero-order valence-electron chi connectivity index (χ0n) is 18.2. The summed E-state index contributed by atoms with van der Waals surface area (Å²) in [4.78, 5) is 29.0. The Morgan fingerprint density at radius 2 is 1.90 bits per heavy atom. The van der Waals surface area contributed by atoms with Crippen LogP contribution in [0.4, 0.5) is 0 Å². The van der Waals surface area contributed by atoms with E-state index in [0.717, 1.165) is 31.4 Å². The molecule has 0 radical (unpaired) electrons. The SMILES string of the molecule is CC(C)c1ccc(C2C3=C(OC4CCC(Cl)CC4C3=O)C(=O)N2CC2CCCO2)cc1. The highest BCUT2D eigenvalue weighted by Crippen LogP contribution is 2.47. The highest BCUT2D eigenvalue weighted by molar-refractivity contribution is 6.21. The number of ketones is 1. The number of carbonyl (C=O) groups is 2. The van der Waals surface area contributed by atoms with E-state index in [4.69, 9.17) is 21.1 Å². The summed E-state index contributed by atoms with van der Waals surface area (Å²) in [5.41, 5.74) is 2.71. The third kappa shape index (κ3) is 3.70. The minimum Gasteiger partial charge on any atom is -0.483 e. The number of hydrogen-bond acceptors (Lipinski definition) is 4. The van der Waals surface area contributed by atoms with Crippen molar-refractivity contribution < 1.29 is 19.1 Å². The van der Waals surface area contributed by atoms with E-state index in [2.05, 4.69) is 38.1 Å². The number of fused-ring (bicyclic) bond motifs is 1. The average molecular weight is 444 g/mol. The maximum Gasteiger partial charge on any atom is 0.290 e. The largest absolute Gasteiger partial charge is 0.483 e. The lowest BCUT2D eigenvalue weighted by Gasteiger charge is -2.37. The topological polar surface area (TPSA) is 55.8 Å². The van der Waals surface area contributed by atoms with Crippen LogP contribution in [0.15, 0.2) is 35.6 Å². The van der Waals surface area contributed by atoms with Gasteiger partial charge in [0.2, 0.25) is 0 Å². The van der Waals surface area contributed by atoms with E-state index in [-0.39, 0.29) is 41.0 Å². The third-order valence-corrected chi connectivity index (χ3v) is 7.62. The van der Waals surface area contributed by atoms with E-state index in [1.54, 1.807) is 4.90 Å². The predicted molar refractivity (Wildman–Crippen MR) is 118 cm³/mol. The molecule has 5 rings (SSSR count). The maximum absolute atomic E-state index is 13.7. The Kier molecular flexibility index (Phi) is 5.59. The van der Waals surface area contributed by atoms with E-state index >= 15 is 0 Å². The molecule has 1 amide bonds. The molecule has 1 aromatic carbocycles. The molecule has 1 aromatic rings. The van der Waals surface area contributed by atoms with Crippen LogP contribution in [0.1, 0.15) is 69.0 Å². The molecule has 2 fully saturated rings. The van der Waals surface area contributed by atoms with Gasteiger partial charge in [-0.05, 0) is 49.1 Å². The van der Waals surface area contributed by atoms with Crippen LogP contribution in [-0.2, 0) is 19.1 Å². The summed E-state index contributed by atoms with van der Waals surface area (Å²) in [6, 6.07) is 7.88. The van der Waals surface area contributed by atoms with Gasteiger partial charge >= 0.3 is 0 Å². The fourth-order valence-corrected chi connectivity index (χ4v) is 5.79. The monoisotopic (exact) mass is 443 g/mol. The van der Waals surface area contributed by atoms with Crippen LogP contribution in [-0.4, -0.2) is 47.3 Å². The fourth-order valence-electron chi connectivity index (χ4n) is 5.47. The van der Waals surface area contributed by atoms with Crippen LogP contribution in [0.3, 0.4) is 0 Å². The molecule has 0 N–H and O–H groups in total. The second-order valence-electron chi connectivity index (χ2n) is 9.60. The Morgan fingerprint density at radius 1 is 1.13 bits per heavy atom. The van der Waals surface area contributed by atoms with Crippen molar-refractivity contribution >= 4 is 23.3 Å². The molecule has 0 spiro atoms. The van der Waals surface area contributed by atoms with E-state index in [9.17, 15) is 9.59 Å². The Bertz CT molecular complexity index is 903. The summed E-state index contributed by atoms with van der Waals surface area (Å²) < 4.78 is 12.1. The van der Waals surface area contributed by atoms with Crippen molar-refractivity contribution in [2.45, 2.75) is 75.5 Å². The number of ether oxygens (including phenoxy) is 2. The van der Waals surface area contributed by atoms with Crippen LogP contribution in [0, 0.1) is 5.92 Å². The van der Waals surface area contributed by atoms with Crippen molar-refractivity contribution in [3.8, 4) is 0 Å². The second-order valence-corrected chi connectivity index (χ2v) is 10.2. The van der Waals surface area contributed by atoms with Gasteiger partial charge in [0.25, 0.3) is 5.91 Å². The Balaban J connectivity index is 1.53. The minimum atomic E-state index is -0.419. The second kappa shape index (κ2) is 8.25. The van der Waals surface area contributed by atoms with E-state index in [1.807, 2.05) is 0 Å². The lowest BCUT2D eigenvalue weighted by Crippen LogP contribution is -2.41. The predicted octanol–water partition coefficient (Wildman–Crippen LogP) is 4.50. The zero-order valence-corrected chi connectivity index (χ0v) is 18.9. The van der Waals surface area contributed by atoms with Gasteiger partial charge in [-0.15, -0.1) is 11.6 Å². The lowest BCUT2D eigenvalue weighted by molar-refractivity contribution is -0.136. The molecule has 5 nitrogen and oxygen atoms in total. The molecule has 5 unspecified atom stereocenters. The van der Waals surface area contributed by atoms with Crippen molar-refractivity contribution in [2.75, 3.05) is 13.2 Å². The van der Waals surface area contributed by atoms with Crippen LogP contribution in [0.25, 0.3) is 0 Å². The van der Waals surface area contributed by atoms with Crippen LogP contribution >= 0.6 is 11.6 Å². The molecular formula is C25H30ClNO4. The van der Waals surface area contributed by atoms with E-state index < -0.39 is 6.04 Å². The van der Waals surface area contributed by atoms with Gasteiger partial charge in [-0.1, -0.05) is 38.1 Å². The molecule has 3 aliphatic heterocycles. The van der Waals surface area contributed by atoms with Crippen molar-refractivity contribution in [3.05, 3.63) is 46.7 Å². The van der Waals surface area contributed by atoms with Gasteiger partial charge in [0.05, 0.1) is 23.6 Å². The summed E-state index contributed by atoms with van der Waals surface area (Å²) >= 11 is 6.40. The summed E-state index contributed by atoms with van der Waals surface area (Å²) in [7, 11) is 0. The number of nitrogens with zero attached hydrogens (tertiary/aromatic N) is 1. The first-order valence-electron chi connectivity index (χ1n) is 11.6. The third-order valence-electron chi connectivity index (χ3n) is 7.22. The number of rotatable bonds is 4. The van der Waals surface area contributed by atoms with Crippen molar-refractivity contribution in [3.63, 3.8) is 0 Å². The van der Waals surface area contributed by atoms with Gasteiger partial charge in [-0.3, -0.25) is 9.59 Å². The summed E-state index contributed by atoms with van der Waals surface area (Å²) in [5.74, 6) is 0.277. The molecule has 5 atom stereocenters. The first-order chi connectivity index (χ1) is 14.9. The molecule has 0 bridgehead atoms. The summed E-state index contributed by atoms with van der Waals surface area (Å²) in [6.07, 6.45) is 3.84. The first-order valence-corrected chi connectivity index (χ1v) is 12.0. The Hall–Kier alpha value is -1.85. The molecule has 1 saturated heterocycles. The summed E-state index contributed by atoms with van der Waals surface area (Å²) in [5, 5.41) is -0.0141. The molecule has 6 heteroatoms. The van der Waals surface area contributed by atoms with Crippen molar-refractivity contribution in [1.82, 2.24) is 4.90 Å². The van der Waals surface area contributed by atoms with Crippen LogP contribution < -0.4 is 0 Å². The number of halogens is 1. The van der Waals surface area contributed by atoms with Gasteiger partial charge in [0.15, 0.2) is 11.5 Å². The molecule has 1 aliphatic carbocycles. The quantitative estimate of drug-likeness (QED) is 0.643. The normalized spacial score (nSPS) is 33.0. The molecular weight excluding hydrogens is 414 g/mol. The number of Topliss-reactive ketones (excluding diaryl/α,β-unsaturated/α-hetero) is 1. The molecule has 31 heavy (non-hydrogen) atoms. The molecule has 0 aromatic heterocycles. The Labute approximate surface area is 188 Å². The number of benzene rings is 1. The Morgan fingerprint density at radius 3 is 2.58 bits per heavy atom.